The summed E-state index contributed by atoms with van der Waals surface area (Å²) in [7, 11) is 2.99. The molecule has 2 aromatic heterocycles. The van der Waals surface area contributed by atoms with Crippen molar-refractivity contribution in [2.75, 3.05) is 7.11 Å². The van der Waals surface area contributed by atoms with Gasteiger partial charge >= 0.3 is 5.97 Å². The van der Waals surface area contributed by atoms with E-state index >= 15 is 0 Å². The zero-order valence-corrected chi connectivity index (χ0v) is 11.0. The maximum absolute atomic E-state index is 12.0. The summed E-state index contributed by atoms with van der Waals surface area (Å²) in [6.45, 7) is 1.83. The molecular formula is C12H14N4O3. The number of ether oxygens (including phenoxy) is 1. The summed E-state index contributed by atoms with van der Waals surface area (Å²) < 4.78 is 7.59. The highest BCUT2D eigenvalue weighted by atomic mass is 16.5. The molecule has 2 rings (SSSR count). The highest BCUT2D eigenvalue weighted by molar-refractivity contribution is 5.87. The van der Waals surface area contributed by atoms with Crippen LogP contribution in [0.4, 0.5) is 0 Å². The second-order valence-electron chi connectivity index (χ2n) is 3.97. The van der Waals surface area contributed by atoms with Gasteiger partial charge in [-0.25, -0.2) is 9.48 Å². The molecule has 7 heteroatoms. The number of rotatable bonds is 3. The second-order valence-corrected chi connectivity index (χ2v) is 3.97. The standard InChI is InChI=1S/C12H14N4O3/c1-4-8-7-16(9-5-6-15(2)13-9)14-10(11(8)17)12(18)19-3/h5-7H,4H2,1-3H3. The summed E-state index contributed by atoms with van der Waals surface area (Å²) in [5, 5.41) is 8.16. The zero-order chi connectivity index (χ0) is 14.0. The number of nitrogens with zero attached hydrogens (tertiary/aromatic N) is 4. The maximum Gasteiger partial charge on any atom is 0.362 e. The third-order valence-corrected chi connectivity index (χ3v) is 2.69. The summed E-state index contributed by atoms with van der Waals surface area (Å²) in [5.41, 5.74) is -0.143. The summed E-state index contributed by atoms with van der Waals surface area (Å²) in [4.78, 5) is 23.6. The van der Waals surface area contributed by atoms with Crippen molar-refractivity contribution >= 4 is 5.97 Å². The van der Waals surface area contributed by atoms with Gasteiger partial charge in [-0.1, -0.05) is 6.92 Å². The van der Waals surface area contributed by atoms with Crippen molar-refractivity contribution in [2.45, 2.75) is 13.3 Å². The van der Waals surface area contributed by atoms with Gasteiger partial charge in [-0.05, 0) is 6.42 Å². The van der Waals surface area contributed by atoms with Crippen LogP contribution in [-0.4, -0.2) is 32.6 Å². The lowest BCUT2D eigenvalue weighted by molar-refractivity contribution is 0.0590. The fourth-order valence-electron chi connectivity index (χ4n) is 1.66. The van der Waals surface area contributed by atoms with Gasteiger partial charge in [-0.3, -0.25) is 9.48 Å². The number of carbonyl (C=O) groups excluding carboxylic acids is 1. The van der Waals surface area contributed by atoms with Crippen LogP contribution in [0.5, 0.6) is 0 Å². The minimum absolute atomic E-state index is 0.229. The largest absolute Gasteiger partial charge is 0.464 e. The lowest BCUT2D eigenvalue weighted by atomic mass is 10.2. The first-order chi connectivity index (χ1) is 9.06. The molecule has 0 N–H and O–H groups in total. The van der Waals surface area contributed by atoms with Crippen LogP contribution in [0.1, 0.15) is 23.0 Å². The number of esters is 1. The molecule has 0 saturated carbocycles. The summed E-state index contributed by atoms with van der Waals surface area (Å²) >= 11 is 0. The molecule has 0 fully saturated rings. The Balaban J connectivity index is 2.63. The number of carbonyl (C=O) groups is 1. The molecule has 2 aromatic rings. The van der Waals surface area contributed by atoms with Crippen LogP contribution >= 0.6 is 0 Å². The van der Waals surface area contributed by atoms with Crippen LogP contribution < -0.4 is 5.43 Å². The van der Waals surface area contributed by atoms with Gasteiger partial charge in [-0.2, -0.15) is 10.2 Å². The minimum Gasteiger partial charge on any atom is -0.464 e. The number of hydrogen-bond acceptors (Lipinski definition) is 5. The van der Waals surface area contributed by atoms with E-state index in [0.717, 1.165) is 0 Å². The highest BCUT2D eigenvalue weighted by Gasteiger charge is 2.17. The molecule has 0 aliphatic carbocycles. The van der Waals surface area contributed by atoms with Crippen molar-refractivity contribution in [3.63, 3.8) is 0 Å². The topological polar surface area (TPSA) is 79.0 Å². The number of methoxy groups -OCH3 is 1. The smallest absolute Gasteiger partial charge is 0.362 e. The van der Waals surface area contributed by atoms with E-state index in [2.05, 4.69) is 14.9 Å². The monoisotopic (exact) mass is 262 g/mol. The van der Waals surface area contributed by atoms with E-state index in [1.165, 1.54) is 11.8 Å². The second kappa shape index (κ2) is 5.05. The van der Waals surface area contributed by atoms with Gasteiger partial charge in [-0.15, -0.1) is 0 Å². The first-order valence-corrected chi connectivity index (χ1v) is 5.78. The molecule has 0 radical (unpaired) electrons. The molecule has 100 valence electrons. The molecule has 19 heavy (non-hydrogen) atoms. The molecule has 0 bridgehead atoms. The molecule has 0 unspecified atom stereocenters. The van der Waals surface area contributed by atoms with E-state index in [1.54, 1.807) is 30.2 Å². The number of aromatic nitrogens is 4. The fourth-order valence-corrected chi connectivity index (χ4v) is 1.66. The molecule has 0 saturated heterocycles. The van der Waals surface area contributed by atoms with Crippen LogP contribution in [0.3, 0.4) is 0 Å². The SMILES string of the molecule is CCc1cn(-c2ccn(C)n2)nc(C(=O)OC)c1=O. The van der Waals surface area contributed by atoms with E-state index in [4.69, 9.17) is 0 Å². The van der Waals surface area contributed by atoms with Crippen LogP contribution in [-0.2, 0) is 18.2 Å². The molecule has 0 aromatic carbocycles. The van der Waals surface area contributed by atoms with Crippen molar-refractivity contribution < 1.29 is 9.53 Å². The maximum atomic E-state index is 12.0. The minimum atomic E-state index is -0.745. The Morgan fingerprint density at radius 3 is 2.68 bits per heavy atom. The molecule has 0 atom stereocenters. The van der Waals surface area contributed by atoms with E-state index in [9.17, 15) is 9.59 Å². The average molecular weight is 262 g/mol. The first-order valence-electron chi connectivity index (χ1n) is 5.78. The summed E-state index contributed by atoms with van der Waals surface area (Å²) in [6.07, 6.45) is 3.83. The third-order valence-electron chi connectivity index (χ3n) is 2.69. The average Bonchev–Trinajstić information content (AvgIpc) is 2.84. The van der Waals surface area contributed by atoms with Crippen LogP contribution in [0.25, 0.3) is 5.82 Å². The highest BCUT2D eigenvalue weighted by Crippen LogP contribution is 2.04. The Labute approximate surface area is 109 Å². The third kappa shape index (κ3) is 2.40. The van der Waals surface area contributed by atoms with E-state index in [1.807, 2.05) is 6.92 Å². The summed E-state index contributed by atoms with van der Waals surface area (Å²) in [6, 6.07) is 1.73. The van der Waals surface area contributed by atoms with Gasteiger partial charge in [0.25, 0.3) is 0 Å². The Morgan fingerprint density at radius 1 is 1.42 bits per heavy atom. The molecule has 0 amide bonds. The summed E-state index contributed by atoms with van der Waals surface area (Å²) in [5.74, 6) is -0.215. The number of aryl methyl sites for hydroxylation is 2. The van der Waals surface area contributed by atoms with Gasteiger partial charge in [0.15, 0.2) is 5.82 Å². The molecule has 0 spiro atoms. The van der Waals surface area contributed by atoms with Crippen LogP contribution in [0.15, 0.2) is 23.3 Å². The van der Waals surface area contributed by atoms with Crippen molar-refractivity contribution in [1.29, 1.82) is 0 Å². The van der Waals surface area contributed by atoms with Gasteiger partial charge < -0.3 is 4.74 Å². The Morgan fingerprint density at radius 2 is 2.16 bits per heavy atom. The van der Waals surface area contributed by atoms with Crippen LogP contribution in [0.2, 0.25) is 0 Å². The normalized spacial score (nSPS) is 10.5. The zero-order valence-electron chi connectivity index (χ0n) is 11.0. The van der Waals surface area contributed by atoms with Crippen LogP contribution in [0, 0.1) is 0 Å². The molecular weight excluding hydrogens is 248 g/mol. The van der Waals surface area contributed by atoms with E-state index in [-0.39, 0.29) is 5.69 Å². The number of hydrogen-bond donors (Lipinski definition) is 0. The Hall–Kier alpha value is -2.44. The fraction of sp³-hybridized carbons (Fsp3) is 0.333. The Kier molecular flexibility index (Phi) is 3.46. The predicted octanol–water partition coefficient (Wildman–Crippen LogP) is 0.315. The van der Waals surface area contributed by atoms with Crippen molar-refractivity contribution in [1.82, 2.24) is 19.6 Å². The van der Waals surface area contributed by atoms with E-state index < -0.39 is 11.4 Å². The van der Waals surface area contributed by atoms with E-state index in [0.29, 0.717) is 17.8 Å². The molecule has 0 aliphatic rings. The molecule has 0 aliphatic heterocycles. The van der Waals surface area contributed by atoms with Gasteiger partial charge in [0.05, 0.1) is 7.11 Å². The van der Waals surface area contributed by atoms with Crippen molar-refractivity contribution in [3.8, 4) is 5.82 Å². The lowest BCUT2D eigenvalue weighted by Crippen LogP contribution is -2.25. The van der Waals surface area contributed by atoms with Crippen molar-refractivity contribution in [3.05, 3.63) is 39.9 Å². The first kappa shape index (κ1) is 13.0. The predicted molar refractivity (Wildman–Crippen MR) is 67.3 cm³/mol. The quantitative estimate of drug-likeness (QED) is 0.744. The lowest BCUT2D eigenvalue weighted by Gasteiger charge is -2.06. The molecule has 7 nitrogen and oxygen atoms in total. The van der Waals surface area contributed by atoms with Crippen molar-refractivity contribution in [2.24, 2.45) is 7.05 Å². The van der Waals surface area contributed by atoms with Gasteiger partial charge in [0.1, 0.15) is 0 Å². The Bertz CT molecular complexity index is 672. The molecule has 2 heterocycles. The van der Waals surface area contributed by atoms with Gasteiger partial charge in [0, 0.05) is 31.1 Å². The van der Waals surface area contributed by atoms with Gasteiger partial charge in [0.2, 0.25) is 11.1 Å².